The Labute approximate surface area is 152 Å². The molecule has 0 radical (unpaired) electrons. The van der Waals surface area contributed by atoms with Gasteiger partial charge in [0.15, 0.2) is 0 Å². The molecule has 0 saturated carbocycles. The maximum atomic E-state index is 11.8. The average molecular weight is 361 g/mol. The van der Waals surface area contributed by atoms with Crippen molar-refractivity contribution < 1.29 is 34.1 Å². The summed E-state index contributed by atoms with van der Waals surface area (Å²) in [4.78, 5) is 22.7. The molecule has 0 aliphatic rings. The van der Waals surface area contributed by atoms with Gasteiger partial charge in [0.05, 0.1) is 33.3 Å². The van der Waals surface area contributed by atoms with E-state index in [9.17, 15) is 14.7 Å². The van der Waals surface area contributed by atoms with Crippen molar-refractivity contribution in [2.45, 2.75) is 0 Å². The second kappa shape index (κ2) is 9.55. The lowest BCUT2D eigenvalue weighted by atomic mass is 10.2. The minimum absolute atomic E-state index is 0.0942. The van der Waals surface area contributed by atoms with Gasteiger partial charge in [0, 0.05) is 0 Å². The van der Waals surface area contributed by atoms with Gasteiger partial charge in [-0.25, -0.2) is 9.59 Å². The number of nitrogens with zero attached hydrogens (tertiary/aromatic N) is 1. The Morgan fingerprint density at radius 1 is 1.00 bits per heavy atom. The van der Waals surface area contributed by atoms with Gasteiger partial charge in [-0.2, -0.15) is 0 Å². The van der Waals surface area contributed by atoms with Crippen LogP contribution in [0.15, 0.2) is 48.5 Å². The summed E-state index contributed by atoms with van der Waals surface area (Å²) in [5, 5.41) is 28.8. The van der Waals surface area contributed by atoms with E-state index in [1.165, 1.54) is 48.5 Å². The van der Waals surface area contributed by atoms with Gasteiger partial charge in [0.2, 0.25) is 0 Å². The van der Waals surface area contributed by atoms with E-state index in [0.29, 0.717) is 0 Å². The molecular weight excluding hydrogens is 338 g/mol. The van der Waals surface area contributed by atoms with Gasteiger partial charge >= 0.3 is 11.9 Å². The molecule has 2 aromatic carbocycles. The summed E-state index contributed by atoms with van der Waals surface area (Å²) in [6.07, 6.45) is 0. The van der Waals surface area contributed by atoms with Crippen molar-refractivity contribution >= 4 is 11.9 Å². The standard InChI is InChI=1S/C14H10O5.C5H14NO/c15-11-7-3-1-5-9(11)14(18)19-12-8-4-2-6-10(12)13(16)17;1-6(2,3)4-5-7/h1-8,15H,(H,16,17);7H,4-5H2,1-3H3/q;+1/p-1. The molecule has 0 bridgehead atoms. The summed E-state index contributed by atoms with van der Waals surface area (Å²) >= 11 is 0. The smallest absolute Gasteiger partial charge is 0.342 e. The first kappa shape index (κ1) is 21.1. The Balaban J connectivity index is 0.000000412. The number of carboxylic acids is 1. The van der Waals surface area contributed by atoms with Crippen LogP contribution < -0.4 is 9.84 Å². The number of aromatic carboxylic acids is 1. The van der Waals surface area contributed by atoms with Gasteiger partial charge in [-0.1, -0.05) is 36.1 Å². The fraction of sp³-hybridized carbons (Fsp3) is 0.263. The molecule has 7 nitrogen and oxygen atoms in total. The summed E-state index contributed by atoms with van der Waals surface area (Å²) in [6, 6.07) is 11.3. The Morgan fingerprint density at radius 3 is 2.00 bits per heavy atom. The van der Waals surface area contributed by atoms with Crippen LogP contribution in [0.1, 0.15) is 20.7 Å². The van der Waals surface area contributed by atoms with E-state index in [2.05, 4.69) is 21.1 Å². The van der Waals surface area contributed by atoms with Crippen LogP contribution in [0, 0.1) is 0 Å². The van der Waals surface area contributed by atoms with Gasteiger partial charge in [0.1, 0.15) is 17.9 Å². The molecule has 0 heterocycles. The molecular formula is C19H23NO6. The Morgan fingerprint density at radius 2 is 1.54 bits per heavy atom. The van der Waals surface area contributed by atoms with Crippen molar-refractivity contribution in [3.05, 3.63) is 59.7 Å². The lowest BCUT2D eigenvalue weighted by Crippen LogP contribution is -2.36. The van der Waals surface area contributed by atoms with Crippen molar-refractivity contribution in [2.75, 3.05) is 34.3 Å². The SMILES string of the molecule is C[N+](C)(C)CCO.O=C(Oc1ccccc1C(=O)O)c1ccccc1[O-]. The highest BCUT2D eigenvalue weighted by Gasteiger charge is 2.15. The van der Waals surface area contributed by atoms with Crippen LogP contribution >= 0.6 is 0 Å². The molecule has 0 aliphatic heterocycles. The largest absolute Gasteiger partial charge is 0.872 e. The summed E-state index contributed by atoms with van der Waals surface area (Å²) in [5.41, 5.74) is -0.276. The zero-order chi connectivity index (χ0) is 19.7. The molecule has 7 heteroatoms. The van der Waals surface area contributed by atoms with Gasteiger partial charge in [-0.3, -0.25) is 0 Å². The normalized spacial score (nSPS) is 10.5. The third-order valence-corrected chi connectivity index (χ3v) is 3.20. The van der Waals surface area contributed by atoms with E-state index in [-0.39, 0.29) is 23.5 Å². The Kier molecular flexibility index (Phi) is 7.77. The highest BCUT2D eigenvalue weighted by atomic mass is 16.5. The van der Waals surface area contributed by atoms with E-state index >= 15 is 0 Å². The first-order valence-corrected chi connectivity index (χ1v) is 7.87. The average Bonchev–Trinajstić information content (AvgIpc) is 2.55. The van der Waals surface area contributed by atoms with E-state index in [1.807, 2.05) is 0 Å². The minimum Gasteiger partial charge on any atom is -0.872 e. The summed E-state index contributed by atoms with van der Waals surface area (Å²) < 4.78 is 5.80. The monoisotopic (exact) mass is 361 g/mol. The highest BCUT2D eigenvalue weighted by molar-refractivity contribution is 5.96. The van der Waals surface area contributed by atoms with Gasteiger partial charge in [0.25, 0.3) is 0 Å². The molecule has 0 atom stereocenters. The quantitative estimate of drug-likeness (QED) is 0.473. The second-order valence-electron chi connectivity index (χ2n) is 6.42. The highest BCUT2D eigenvalue weighted by Crippen LogP contribution is 2.21. The van der Waals surface area contributed by atoms with Crippen molar-refractivity contribution in [3.8, 4) is 11.5 Å². The van der Waals surface area contributed by atoms with Crippen molar-refractivity contribution in [2.24, 2.45) is 0 Å². The van der Waals surface area contributed by atoms with Crippen LogP contribution in [-0.2, 0) is 0 Å². The van der Waals surface area contributed by atoms with Crippen LogP contribution in [0.3, 0.4) is 0 Å². The molecule has 2 rings (SSSR count). The summed E-state index contributed by atoms with van der Waals surface area (Å²) in [7, 11) is 6.16. The molecule has 0 unspecified atom stereocenters. The van der Waals surface area contributed by atoms with E-state index < -0.39 is 17.7 Å². The molecule has 140 valence electrons. The van der Waals surface area contributed by atoms with Crippen molar-refractivity contribution in [3.63, 3.8) is 0 Å². The Hall–Kier alpha value is -2.90. The van der Waals surface area contributed by atoms with E-state index in [1.54, 1.807) is 0 Å². The first-order valence-electron chi connectivity index (χ1n) is 7.87. The molecule has 26 heavy (non-hydrogen) atoms. The number of likely N-dealkylation sites (N-methyl/N-ethyl adjacent to an activating group) is 1. The van der Waals surface area contributed by atoms with Crippen LogP contribution in [0.5, 0.6) is 11.5 Å². The molecule has 0 aliphatic carbocycles. The van der Waals surface area contributed by atoms with Crippen LogP contribution in [-0.4, -0.2) is 60.9 Å². The van der Waals surface area contributed by atoms with Gasteiger partial charge < -0.3 is 24.5 Å². The molecule has 0 fully saturated rings. The predicted octanol–water partition coefficient (Wildman–Crippen LogP) is 1.36. The predicted molar refractivity (Wildman–Crippen MR) is 94.2 cm³/mol. The lowest BCUT2D eigenvalue weighted by molar-refractivity contribution is -0.870. The zero-order valence-electron chi connectivity index (χ0n) is 15.0. The number of quaternary nitrogens is 1. The second-order valence-corrected chi connectivity index (χ2v) is 6.42. The third kappa shape index (κ3) is 6.92. The number of para-hydroxylation sites is 2. The van der Waals surface area contributed by atoms with Crippen LogP contribution in [0.4, 0.5) is 0 Å². The molecule has 0 aromatic heterocycles. The van der Waals surface area contributed by atoms with E-state index in [4.69, 9.17) is 14.9 Å². The van der Waals surface area contributed by atoms with Gasteiger partial charge in [-0.05, 0) is 18.2 Å². The molecule has 2 aromatic rings. The number of carbonyl (C=O) groups excluding carboxylic acids is 1. The number of rotatable bonds is 5. The van der Waals surface area contributed by atoms with Crippen LogP contribution in [0.25, 0.3) is 0 Å². The van der Waals surface area contributed by atoms with E-state index in [0.717, 1.165) is 11.0 Å². The minimum atomic E-state index is -1.21. The zero-order valence-corrected chi connectivity index (χ0v) is 15.0. The number of hydrogen-bond donors (Lipinski definition) is 2. The topological polar surface area (TPSA) is 107 Å². The molecule has 0 saturated heterocycles. The number of benzene rings is 2. The summed E-state index contributed by atoms with van der Waals surface area (Å²) in [5.74, 6) is -2.65. The first-order chi connectivity index (χ1) is 12.2. The number of hydrogen-bond acceptors (Lipinski definition) is 5. The third-order valence-electron chi connectivity index (χ3n) is 3.20. The maximum Gasteiger partial charge on any atom is 0.342 e. The van der Waals surface area contributed by atoms with Gasteiger partial charge in [-0.15, -0.1) is 0 Å². The summed E-state index contributed by atoms with van der Waals surface area (Å²) in [6.45, 7) is 1.11. The number of ether oxygens (including phenoxy) is 1. The fourth-order valence-corrected chi connectivity index (χ4v) is 1.82. The number of carboxylic acid groups (broad SMARTS) is 1. The maximum absolute atomic E-state index is 11.8. The lowest BCUT2D eigenvalue weighted by Gasteiger charge is -2.21. The number of esters is 1. The van der Waals surface area contributed by atoms with Crippen LogP contribution in [0.2, 0.25) is 0 Å². The molecule has 0 spiro atoms. The number of carbonyl (C=O) groups is 2. The Bertz CT molecular complexity index is 752. The fourth-order valence-electron chi connectivity index (χ4n) is 1.82. The molecule has 2 N–H and O–H groups in total. The van der Waals surface area contributed by atoms with Crippen molar-refractivity contribution in [1.82, 2.24) is 0 Å². The number of aliphatic hydroxyl groups excluding tert-OH is 1. The van der Waals surface area contributed by atoms with Crippen molar-refractivity contribution in [1.29, 1.82) is 0 Å². The number of aliphatic hydroxyl groups is 1. The molecule has 0 amide bonds.